The Morgan fingerprint density at radius 3 is 2.94 bits per heavy atom. The van der Waals surface area contributed by atoms with E-state index in [1.807, 2.05) is 6.07 Å². The van der Waals surface area contributed by atoms with Crippen LogP contribution in [0.1, 0.15) is 31.7 Å². The van der Waals surface area contributed by atoms with E-state index in [0.717, 1.165) is 29.3 Å². The quantitative estimate of drug-likeness (QED) is 0.659. The van der Waals surface area contributed by atoms with Crippen LogP contribution in [0.25, 0.3) is 0 Å². The molecular weight excluding hydrogens is 303 g/mol. The molecule has 3 unspecified atom stereocenters. The molecule has 0 bridgehead atoms. The van der Waals surface area contributed by atoms with Gasteiger partial charge in [0.15, 0.2) is 0 Å². The molecule has 17 heavy (non-hydrogen) atoms. The van der Waals surface area contributed by atoms with E-state index < -0.39 is 0 Å². The molecule has 1 saturated carbocycles. The van der Waals surface area contributed by atoms with E-state index in [1.165, 1.54) is 12.5 Å². The molecule has 0 N–H and O–H groups in total. The number of hydrogen-bond donors (Lipinski definition) is 0. The van der Waals surface area contributed by atoms with Crippen LogP contribution in [0.5, 0.6) is 0 Å². The highest BCUT2D eigenvalue weighted by Crippen LogP contribution is 2.35. The van der Waals surface area contributed by atoms with Crippen molar-refractivity contribution in [2.24, 2.45) is 11.8 Å². The smallest absolute Gasteiger partial charge is 0.126 e. The summed E-state index contributed by atoms with van der Waals surface area (Å²) in [5, 5.41) is 0.199. The Bertz CT molecular complexity index is 394. The van der Waals surface area contributed by atoms with Gasteiger partial charge in [0.1, 0.15) is 5.82 Å². The third kappa shape index (κ3) is 3.45. The van der Waals surface area contributed by atoms with Gasteiger partial charge in [0.05, 0.1) is 0 Å². The Morgan fingerprint density at radius 1 is 1.41 bits per heavy atom. The third-order valence-corrected chi connectivity index (χ3v) is 4.71. The lowest BCUT2D eigenvalue weighted by atomic mass is 9.79. The van der Waals surface area contributed by atoms with Crippen LogP contribution >= 0.6 is 27.5 Å². The number of rotatable bonds is 2. The average molecular weight is 320 g/mol. The summed E-state index contributed by atoms with van der Waals surface area (Å²) in [6.07, 6.45) is 4.12. The van der Waals surface area contributed by atoms with Crippen molar-refractivity contribution in [2.45, 2.75) is 38.0 Å². The zero-order valence-electron chi connectivity index (χ0n) is 9.93. The Hall–Kier alpha value is -0.0800. The highest BCUT2D eigenvalue weighted by molar-refractivity contribution is 9.10. The lowest BCUT2D eigenvalue weighted by Crippen LogP contribution is -2.26. The van der Waals surface area contributed by atoms with E-state index in [-0.39, 0.29) is 11.2 Å². The van der Waals surface area contributed by atoms with Crippen LogP contribution in [0.15, 0.2) is 22.7 Å². The Morgan fingerprint density at radius 2 is 2.18 bits per heavy atom. The second kappa shape index (κ2) is 5.71. The van der Waals surface area contributed by atoms with Gasteiger partial charge in [-0.2, -0.15) is 0 Å². The third-order valence-electron chi connectivity index (χ3n) is 3.64. The number of halogens is 3. The summed E-state index contributed by atoms with van der Waals surface area (Å²) in [6, 6.07) is 5.13. The molecule has 3 heteroatoms. The first-order valence-corrected chi connectivity index (χ1v) is 7.37. The van der Waals surface area contributed by atoms with Crippen molar-refractivity contribution in [2.75, 3.05) is 0 Å². The number of benzene rings is 1. The summed E-state index contributed by atoms with van der Waals surface area (Å²) in [6.45, 7) is 2.26. The van der Waals surface area contributed by atoms with E-state index >= 15 is 0 Å². The van der Waals surface area contributed by atoms with Crippen molar-refractivity contribution in [3.05, 3.63) is 34.1 Å². The first kappa shape index (κ1) is 13.4. The van der Waals surface area contributed by atoms with Crippen LogP contribution < -0.4 is 0 Å². The number of hydrogen-bond acceptors (Lipinski definition) is 0. The molecule has 0 aromatic heterocycles. The zero-order valence-corrected chi connectivity index (χ0v) is 12.3. The first-order valence-electron chi connectivity index (χ1n) is 6.14. The Balaban J connectivity index is 2.11. The molecule has 0 radical (unpaired) electrons. The number of alkyl halides is 1. The Kier molecular flexibility index (Phi) is 4.48. The zero-order chi connectivity index (χ0) is 12.4. The molecule has 3 atom stereocenters. The van der Waals surface area contributed by atoms with E-state index in [0.29, 0.717) is 11.8 Å². The molecule has 1 aromatic carbocycles. The van der Waals surface area contributed by atoms with Gasteiger partial charge < -0.3 is 0 Å². The van der Waals surface area contributed by atoms with Crippen LogP contribution in [-0.4, -0.2) is 5.38 Å². The van der Waals surface area contributed by atoms with Crippen LogP contribution in [-0.2, 0) is 6.42 Å². The van der Waals surface area contributed by atoms with Crippen molar-refractivity contribution < 1.29 is 4.39 Å². The SMILES string of the molecule is CC1CCC(Cl)C(Cc2cc(Br)ccc2F)C1. The van der Waals surface area contributed by atoms with Crippen molar-refractivity contribution in [3.63, 3.8) is 0 Å². The summed E-state index contributed by atoms with van der Waals surface area (Å²) >= 11 is 9.74. The predicted molar refractivity (Wildman–Crippen MR) is 74.0 cm³/mol. The fourth-order valence-corrected chi connectivity index (χ4v) is 3.38. The van der Waals surface area contributed by atoms with E-state index in [1.54, 1.807) is 6.07 Å². The van der Waals surface area contributed by atoms with Crippen molar-refractivity contribution in [1.29, 1.82) is 0 Å². The van der Waals surface area contributed by atoms with Gasteiger partial charge in [0, 0.05) is 9.85 Å². The molecule has 0 spiro atoms. The van der Waals surface area contributed by atoms with Gasteiger partial charge in [-0.25, -0.2) is 4.39 Å². The normalized spacial score (nSPS) is 29.3. The maximum absolute atomic E-state index is 13.7. The van der Waals surface area contributed by atoms with Crippen LogP contribution in [0.2, 0.25) is 0 Å². The molecule has 0 aliphatic heterocycles. The summed E-state index contributed by atoms with van der Waals surface area (Å²) in [5.41, 5.74) is 0.782. The minimum Gasteiger partial charge on any atom is -0.207 e. The minimum atomic E-state index is -0.115. The van der Waals surface area contributed by atoms with E-state index in [2.05, 4.69) is 22.9 Å². The summed E-state index contributed by atoms with van der Waals surface area (Å²) in [7, 11) is 0. The molecule has 1 aromatic rings. The largest absolute Gasteiger partial charge is 0.207 e. The summed E-state index contributed by atoms with van der Waals surface area (Å²) in [5.74, 6) is 1.00. The highest BCUT2D eigenvalue weighted by atomic mass is 79.9. The fraction of sp³-hybridized carbons (Fsp3) is 0.571. The molecule has 0 heterocycles. The predicted octanol–water partition coefficient (Wildman–Crippen LogP) is 5.17. The van der Waals surface area contributed by atoms with Gasteiger partial charge in [-0.05, 0) is 61.3 Å². The van der Waals surface area contributed by atoms with Crippen molar-refractivity contribution in [1.82, 2.24) is 0 Å². The van der Waals surface area contributed by atoms with Gasteiger partial charge in [-0.15, -0.1) is 11.6 Å². The maximum Gasteiger partial charge on any atom is 0.126 e. The molecule has 0 saturated heterocycles. The highest BCUT2D eigenvalue weighted by Gasteiger charge is 2.27. The van der Waals surface area contributed by atoms with Gasteiger partial charge in [0.25, 0.3) is 0 Å². The second-order valence-corrected chi connectivity index (χ2v) is 6.61. The van der Waals surface area contributed by atoms with Gasteiger partial charge in [0.2, 0.25) is 0 Å². The maximum atomic E-state index is 13.7. The molecule has 1 aliphatic rings. The van der Waals surface area contributed by atoms with E-state index in [9.17, 15) is 4.39 Å². The molecule has 94 valence electrons. The second-order valence-electron chi connectivity index (χ2n) is 5.13. The lowest BCUT2D eigenvalue weighted by Gasteiger charge is -2.31. The van der Waals surface area contributed by atoms with Gasteiger partial charge >= 0.3 is 0 Å². The molecule has 0 amide bonds. The molecule has 1 aliphatic carbocycles. The van der Waals surface area contributed by atoms with Crippen LogP contribution in [0.4, 0.5) is 4.39 Å². The monoisotopic (exact) mass is 318 g/mol. The van der Waals surface area contributed by atoms with Crippen molar-refractivity contribution in [3.8, 4) is 0 Å². The van der Waals surface area contributed by atoms with Gasteiger partial charge in [-0.1, -0.05) is 22.9 Å². The van der Waals surface area contributed by atoms with Gasteiger partial charge in [-0.3, -0.25) is 0 Å². The molecule has 0 nitrogen and oxygen atoms in total. The molecule has 1 fully saturated rings. The van der Waals surface area contributed by atoms with Crippen LogP contribution in [0, 0.1) is 17.7 Å². The minimum absolute atomic E-state index is 0.115. The summed E-state index contributed by atoms with van der Waals surface area (Å²) < 4.78 is 14.6. The van der Waals surface area contributed by atoms with Crippen molar-refractivity contribution >= 4 is 27.5 Å². The standard InChI is InChI=1S/C14H17BrClF/c1-9-2-4-13(16)10(6-9)7-11-8-12(15)3-5-14(11)17/h3,5,8-10,13H,2,4,6-7H2,1H3. The average Bonchev–Trinajstić information content (AvgIpc) is 2.28. The van der Waals surface area contributed by atoms with Crippen LogP contribution in [0.3, 0.4) is 0 Å². The topological polar surface area (TPSA) is 0 Å². The first-order chi connectivity index (χ1) is 8.06. The molecule has 2 rings (SSSR count). The summed E-state index contributed by atoms with van der Waals surface area (Å²) in [4.78, 5) is 0. The lowest BCUT2D eigenvalue weighted by molar-refractivity contribution is 0.285. The van der Waals surface area contributed by atoms with E-state index in [4.69, 9.17) is 11.6 Å². The molecular formula is C14H17BrClF. The fourth-order valence-electron chi connectivity index (χ4n) is 2.66. The Labute approximate surface area is 116 Å².